The lowest BCUT2D eigenvalue weighted by molar-refractivity contribution is 0.0914. The number of para-hydroxylation sites is 1. The van der Waals surface area contributed by atoms with E-state index in [4.69, 9.17) is 16.0 Å². The number of rotatable bonds is 7. The maximum atomic E-state index is 13.0. The topological polar surface area (TPSA) is 80.0 Å². The molecule has 0 spiro atoms. The number of hydrogen-bond donors (Lipinski definition) is 2. The van der Waals surface area contributed by atoms with E-state index in [1.165, 1.54) is 12.1 Å². The van der Waals surface area contributed by atoms with Gasteiger partial charge in [-0.05, 0) is 47.5 Å². The monoisotopic (exact) mass is 436 g/mol. The number of halogens is 2. The number of carbonyl (C=O) groups is 1. The molecule has 0 fully saturated rings. The zero-order chi connectivity index (χ0) is 21.6. The summed E-state index contributed by atoms with van der Waals surface area (Å²) in [7, 11) is 0. The van der Waals surface area contributed by atoms with Gasteiger partial charge in [0.05, 0.1) is 0 Å². The van der Waals surface area contributed by atoms with E-state index in [2.05, 4.69) is 20.8 Å². The van der Waals surface area contributed by atoms with Crippen molar-refractivity contribution in [2.75, 3.05) is 5.32 Å². The first-order chi connectivity index (χ1) is 15.1. The van der Waals surface area contributed by atoms with E-state index in [0.717, 1.165) is 16.8 Å². The van der Waals surface area contributed by atoms with Crippen LogP contribution in [0.5, 0.6) is 0 Å². The molecule has 4 aromatic rings. The molecule has 0 saturated carbocycles. The Morgan fingerprint density at radius 2 is 1.68 bits per heavy atom. The van der Waals surface area contributed by atoms with Gasteiger partial charge in [-0.15, -0.1) is 10.2 Å². The maximum Gasteiger partial charge on any atom is 0.309 e. The van der Waals surface area contributed by atoms with E-state index < -0.39 is 11.9 Å². The number of benzene rings is 3. The molecule has 1 aromatic heterocycles. The normalized spacial score (nSPS) is 11.7. The first-order valence-electron chi connectivity index (χ1n) is 9.51. The van der Waals surface area contributed by atoms with Crippen LogP contribution in [-0.4, -0.2) is 16.1 Å². The lowest BCUT2D eigenvalue weighted by Crippen LogP contribution is -2.23. The highest BCUT2D eigenvalue weighted by Gasteiger charge is 2.23. The molecule has 0 saturated heterocycles. The number of nitrogens with one attached hydrogen (secondary N) is 2. The van der Waals surface area contributed by atoms with E-state index in [1.54, 1.807) is 24.3 Å². The van der Waals surface area contributed by atoms with Crippen LogP contribution in [0.1, 0.15) is 33.7 Å². The van der Waals surface area contributed by atoms with Crippen LogP contribution in [0, 0.1) is 5.82 Å². The van der Waals surface area contributed by atoms with Crippen LogP contribution in [0.2, 0.25) is 5.02 Å². The number of amides is 1. The lowest BCUT2D eigenvalue weighted by atomic mass is 10.1. The fourth-order valence-corrected chi connectivity index (χ4v) is 3.07. The Hall–Kier alpha value is -3.71. The standard InChI is InChI=1S/C23H18ClFN4O2/c24-17-10-8-16(9-11-17)20(27-19-4-2-1-3-5-19)22-28-29-23(31-22)21(30)26-14-15-6-12-18(25)13-7-15/h1-13,20,27H,14H2,(H,26,30). The predicted octanol–water partition coefficient (Wildman–Crippen LogP) is 4.99. The van der Waals surface area contributed by atoms with E-state index in [1.807, 2.05) is 42.5 Å². The van der Waals surface area contributed by atoms with Crippen molar-refractivity contribution in [2.45, 2.75) is 12.6 Å². The third-order valence-electron chi connectivity index (χ3n) is 4.54. The van der Waals surface area contributed by atoms with Crippen molar-refractivity contribution < 1.29 is 13.6 Å². The molecule has 31 heavy (non-hydrogen) atoms. The SMILES string of the molecule is O=C(NCc1ccc(F)cc1)c1nnc(C(Nc2ccccc2)c2ccc(Cl)cc2)o1. The molecule has 1 atom stereocenters. The molecule has 0 radical (unpaired) electrons. The summed E-state index contributed by atoms with van der Waals surface area (Å²) in [5.74, 6) is -0.780. The second-order valence-electron chi connectivity index (χ2n) is 6.75. The molecule has 1 heterocycles. The molecule has 2 N–H and O–H groups in total. The first kappa shape index (κ1) is 20.6. The van der Waals surface area contributed by atoms with Crippen molar-refractivity contribution >= 4 is 23.2 Å². The van der Waals surface area contributed by atoms with Crippen molar-refractivity contribution in [3.63, 3.8) is 0 Å². The van der Waals surface area contributed by atoms with Crippen LogP contribution in [-0.2, 0) is 6.54 Å². The summed E-state index contributed by atoms with van der Waals surface area (Å²) in [4.78, 5) is 12.4. The number of carbonyl (C=O) groups excluding carboxylic acids is 1. The minimum atomic E-state index is -0.516. The summed E-state index contributed by atoms with van der Waals surface area (Å²) in [6.45, 7) is 0.208. The highest BCUT2D eigenvalue weighted by molar-refractivity contribution is 6.30. The van der Waals surface area contributed by atoms with Gasteiger partial charge in [0.15, 0.2) is 0 Å². The van der Waals surface area contributed by atoms with Crippen LogP contribution in [0.3, 0.4) is 0 Å². The van der Waals surface area contributed by atoms with Gasteiger partial charge in [-0.1, -0.05) is 54.1 Å². The van der Waals surface area contributed by atoms with Gasteiger partial charge in [-0.25, -0.2) is 4.39 Å². The number of hydrogen-bond acceptors (Lipinski definition) is 5. The molecular formula is C23H18ClFN4O2. The van der Waals surface area contributed by atoms with Gasteiger partial charge >= 0.3 is 11.8 Å². The number of anilines is 1. The Morgan fingerprint density at radius 1 is 0.968 bits per heavy atom. The van der Waals surface area contributed by atoms with E-state index >= 15 is 0 Å². The predicted molar refractivity (Wildman–Crippen MR) is 115 cm³/mol. The van der Waals surface area contributed by atoms with E-state index in [-0.39, 0.29) is 24.1 Å². The van der Waals surface area contributed by atoms with Crippen molar-refractivity contribution in [3.05, 3.63) is 113 Å². The molecule has 0 aliphatic heterocycles. The zero-order valence-electron chi connectivity index (χ0n) is 16.3. The number of aromatic nitrogens is 2. The minimum absolute atomic E-state index is 0.161. The third-order valence-corrected chi connectivity index (χ3v) is 4.79. The molecule has 0 bridgehead atoms. The Bertz CT molecular complexity index is 1150. The second-order valence-corrected chi connectivity index (χ2v) is 7.19. The van der Waals surface area contributed by atoms with Crippen LogP contribution in [0.4, 0.5) is 10.1 Å². The molecule has 0 aliphatic carbocycles. The largest absolute Gasteiger partial charge is 0.414 e. The minimum Gasteiger partial charge on any atom is -0.414 e. The summed E-state index contributed by atoms with van der Waals surface area (Å²) < 4.78 is 18.7. The van der Waals surface area contributed by atoms with Crippen molar-refractivity contribution in [1.29, 1.82) is 0 Å². The van der Waals surface area contributed by atoms with Gasteiger partial charge in [0.2, 0.25) is 5.89 Å². The fraction of sp³-hybridized carbons (Fsp3) is 0.0870. The van der Waals surface area contributed by atoms with Crippen molar-refractivity contribution in [2.24, 2.45) is 0 Å². The van der Waals surface area contributed by atoms with Crippen LogP contribution in [0.25, 0.3) is 0 Å². The van der Waals surface area contributed by atoms with Gasteiger partial charge in [0, 0.05) is 17.3 Å². The molecular weight excluding hydrogens is 419 g/mol. The molecule has 3 aromatic carbocycles. The Labute approximate surface area is 183 Å². The van der Waals surface area contributed by atoms with Gasteiger partial charge in [0.25, 0.3) is 0 Å². The molecule has 0 aliphatic rings. The molecule has 6 nitrogen and oxygen atoms in total. The first-order valence-corrected chi connectivity index (χ1v) is 9.89. The molecule has 1 amide bonds. The van der Waals surface area contributed by atoms with Gasteiger partial charge in [-0.2, -0.15) is 0 Å². The van der Waals surface area contributed by atoms with Gasteiger partial charge < -0.3 is 15.1 Å². The van der Waals surface area contributed by atoms with Gasteiger partial charge in [-0.3, -0.25) is 4.79 Å². The fourth-order valence-electron chi connectivity index (χ4n) is 2.95. The average molecular weight is 437 g/mol. The molecule has 156 valence electrons. The maximum absolute atomic E-state index is 13.0. The van der Waals surface area contributed by atoms with Crippen LogP contribution < -0.4 is 10.6 Å². The molecule has 4 rings (SSSR count). The zero-order valence-corrected chi connectivity index (χ0v) is 17.0. The quantitative estimate of drug-likeness (QED) is 0.426. The van der Waals surface area contributed by atoms with Crippen LogP contribution >= 0.6 is 11.6 Å². The average Bonchev–Trinajstić information content (AvgIpc) is 3.28. The summed E-state index contributed by atoms with van der Waals surface area (Å²) in [6, 6.07) is 22.2. The van der Waals surface area contributed by atoms with Crippen molar-refractivity contribution in [1.82, 2.24) is 15.5 Å². The number of nitrogens with zero attached hydrogens (tertiary/aromatic N) is 2. The third kappa shape index (κ3) is 5.26. The Balaban J connectivity index is 1.52. The summed E-state index contributed by atoms with van der Waals surface area (Å²) in [6.07, 6.45) is 0. The van der Waals surface area contributed by atoms with Crippen LogP contribution in [0.15, 0.2) is 83.3 Å². The highest BCUT2D eigenvalue weighted by atomic mass is 35.5. The Kier molecular flexibility index (Phi) is 6.24. The summed E-state index contributed by atoms with van der Waals surface area (Å²) >= 11 is 6.02. The van der Waals surface area contributed by atoms with E-state index in [9.17, 15) is 9.18 Å². The lowest BCUT2D eigenvalue weighted by Gasteiger charge is -2.17. The molecule has 8 heteroatoms. The van der Waals surface area contributed by atoms with E-state index in [0.29, 0.717) is 5.02 Å². The smallest absolute Gasteiger partial charge is 0.309 e. The van der Waals surface area contributed by atoms with Gasteiger partial charge in [0.1, 0.15) is 11.9 Å². The molecule has 1 unspecified atom stereocenters. The summed E-state index contributed by atoms with van der Waals surface area (Å²) in [5.41, 5.74) is 2.44. The highest BCUT2D eigenvalue weighted by Crippen LogP contribution is 2.27. The Morgan fingerprint density at radius 3 is 2.39 bits per heavy atom. The van der Waals surface area contributed by atoms with Crippen molar-refractivity contribution in [3.8, 4) is 0 Å². The second kappa shape index (κ2) is 9.40. The summed E-state index contributed by atoms with van der Waals surface area (Å²) in [5, 5.41) is 14.6.